The molecule has 0 heterocycles. The van der Waals surface area contributed by atoms with Crippen molar-refractivity contribution in [3.05, 3.63) is 34.3 Å². The van der Waals surface area contributed by atoms with Crippen LogP contribution < -0.4 is 14.8 Å². The number of nitrogens with one attached hydrogen (secondary N) is 1. The van der Waals surface area contributed by atoms with Crippen molar-refractivity contribution >= 4 is 23.2 Å². The van der Waals surface area contributed by atoms with Crippen molar-refractivity contribution < 1.29 is 9.47 Å². The highest BCUT2D eigenvalue weighted by molar-refractivity contribution is 6.32. The van der Waals surface area contributed by atoms with Gasteiger partial charge in [-0.3, -0.25) is 0 Å². The topological polar surface area (TPSA) is 30.5 Å². The van der Waals surface area contributed by atoms with Gasteiger partial charge in [-0.1, -0.05) is 30.1 Å². The Hall–Kier alpha value is -0.900. The molecule has 5 heteroatoms. The monoisotopic (exact) mass is 289 g/mol. The Labute approximate surface area is 118 Å². The van der Waals surface area contributed by atoms with Crippen molar-refractivity contribution in [3.8, 4) is 11.5 Å². The Morgan fingerprint density at radius 1 is 1.39 bits per heavy atom. The number of hydrogen-bond acceptors (Lipinski definition) is 3. The molecule has 0 saturated carbocycles. The van der Waals surface area contributed by atoms with Crippen LogP contribution in [0.1, 0.15) is 12.5 Å². The Balaban J connectivity index is 2.89. The number of rotatable bonds is 7. The third kappa shape index (κ3) is 4.41. The summed E-state index contributed by atoms with van der Waals surface area (Å²) >= 11 is 11.6. The van der Waals surface area contributed by atoms with Crippen LogP contribution in [0, 0.1) is 0 Å². The average Bonchev–Trinajstić information content (AvgIpc) is 2.38. The molecule has 0 bridgehead atoms. The summed E-state index contributed by atoms with van der Waals surface area (Å²) in [4.78, 5) is 0. The Kier molecular flexibility index (Phi) is 6.94. The van der Waals surface area contributed by atoms with Gasteiger partial charge in [-0.2, -0.15) is 0 Å². The zero-order valence-corrected chi connectivity index (χ0v) is 12.0. The average molecular weight is 290 g/mol. The molecule has 1 aromatic rings. The first-order chi connectivity index (χ1) is 8.72. The summed E-state index contributed by atoms with van der Waals surface area (Å²) in [5, 5.41) is 3.76. The fraction of sp³-hybridized carbons (Fsp3) is 0.385. The minimum absolute atomic E-state index is 0.353. The van der Waals surface area contributed by atoms with Crippen molar-refractivity contribution in [1.29, 1.82) is 0 Å². The Bertz CT molecular complexity index is 408. The van der Waals surface area contributed by atoms with E-state index < -0.39 is 0 Å². The quantitative estimate of drug-likeness (QED) is 0.832. The second-order valence-electron chi connectivity index (χ2n) is 3.56. The molecular formula is C13H17Cl2NO2. The normalized spacial score (nSPS) is 10.9. The van der Waals surface area contributed by atoms with Crippen LogP contribution in [0.5, 0.6) is 11.5 Å². The summed E-state index contributed by atoms with van der Waals surface area (Å²) in [7, 11) is 1.59. The van der Waals surface area contributed by atoms with Gasteiger partial charge >= 0.3 is 0 Å². The van der Waals surface area contributed by atoms with E-state index >= 15 is 0 Å². The highest BCUT2D eigenvalue weighted by Gasteiger charge is 2.11. The van der Waals surface area contributed by atoms with Crippen LogP contribution in [0.15, 0.2) is 23.7 Å². The van der Waals surface area contributed by atoms with Crippen molar-refractivity contribution in [2.24, 2.45) is 0 Å². The molecule has 0 saturated heterocycles. The third-order valence-electron chi connectivity index (χ3n) is 2.28. The summed E-state index contributed by atoms with van der Waals surface area (Å²) in [5.41, 5.74) is 2.46. The van der Waals surface area contributed by atoms with Gasteiger partial charge in [0.05, 0.1) is 12.1 Å². The van der Waals surface area contributed by atoms with Crippen LogP contribution in [0.4, 0.5) is 0 Å². The largest absolute Gasteiger partial charge is 0.493 e. The molecule has 1 rings (SSSR count). The predicted molar refractivity (Wildman–Crippen MR) is 75.9 cm³/mol. The third-order valence-corrected chi connectivity index (χ3v) is 2.74. The summed E-state index contributed by atoms with van der Waals surface area (Å²) in [5.74, 6) is 1.16. The van der Waals surface area contributed by atoms with Crippen LogP contribution in [-0.2, 0) is 6.54 Å². The minimum Gasteiger partial charge on any atom is -0.493 e. The van der Waals surface area contributed by atoms with Gasteiger partial charge in [0.25, 0.3) is 0 Å². The van der Waals surface area contributed by atoms with E-state index in [0.29, 0.717) is 23.1 Å². The van der Waals surface area contributed by atoms with Crippen LogP contribution in [0.2, 0.25) is 5.02 Å². The van der Waals surface area contributed by atoms with Gasteiger partial charge in [-0.05, 0) is 30.3 Å². The predicted octanol–water partition coefficient (Wildman–Crippen LogP) is 3.59. The van der Waals surface area contributed by atoms with Gasteiger partial charge in [0, 0.05) is 12.1 Å². The fourth-order valence-electron chi connectivity index (χ4n) is 1.45. The van der Waals surface area contributed by atoms with E-state index in [2.05, 4.69) is 12.2 Å². The van der Waals surface area contributed by atoms with E-state index in [1.165, 1.54) is 5.54 Å². The Morgan fingerprint density at radius 2 is 2.17 bits per heavy atom. The molecule has 0 fully saturated rings. The summed E-state index contributed by atoms with van der Waals surface area (Å²) in [6, 6.07) is 3.78. The number of hydrogen-bond donors (Lipinski definition) is 1. The second-order valence-corrected chi connectivity index (χ2v) is 4.22. The van der Waals surface area contributed by atoms with Crippen LogP contribution in [-0.4, -0.2) is 20.3 Å². The summed E-state index contributed by atoms with van der Waals surface area (Å²) < 4.78 is 10.8. The van der Waals surface area contributed by atoms with Crippen molar-refractivity contribution in [1.82, 2.24) is 5.32 Å². The highest BCUT2D eigenvalue weighted by atomic mass is 35.5. The zero-order valence-electron chi connectivity index (χ0n) is 10.5. The van der Waals surface area contributed by atoms with Gasteiger partial charge in [0.2, 0.25) is 0 Å². The standard InChI is InChI=1S/C13H17Cl2NO2/c1-3-16-9-10-7-11(15)13(12(8-10)17-2)18-6-4-5-14/h4-5,7-8,16H,3,6,9H2,1-2H3/b5-4+. The zero-order chi connectivity index (χ0) is 13.4. The lowest BCUT2D eigenvalue weighted by Crippen LogP contribution is -2.12. The molecule has 0 radical (unpaired) electrons. The highest BCUT2D eigenvalue weighted by Crippen LogP contribution is 2.36. The maximum atomic E-state index is 6.18. The number of halogens is 2. The van der Waals surface area contributed by atoms with Crippen LogP contribution in [0.3, 0.4) is 0 Å². The van der Waals surface area contributed by atoms with Crippen molar-refractivity contribution in [3.63, 3.8) is 0 Å². The first kappa shape index (κ1) is 15.2. The van der Waals surface area contributed by atoms with Gasteiger partial charge < -0.3 is 14.8 Å². The molecule has 0 aliphatic carbocycles. The van der Waals surface area contributed by atoms with E-state index in [0.717, 1.165) is 18.7 Å². The van der Waals surface area contributed by atoms with E-state index in [-0.39, 0.29) is 0 Å². The summed E-state index contributed by atoms with van der Waals surface area (Å²) in [6.45, 7) is 4.05. The molecule has 1 aromatic carbocycles. The molecule has 3 nitrogen and oxygen atoms in total. The number of benzene rings is 1. The molecule has 0 amide bonds. The molecule has 0 aromatic heterocycles. The van der Waals surface area contributed by atoms with E-state index in [9.17, 15) is 0 Å². The molecule has 0 atom stereocenters. The lowest BCUT2D eigenvalue weighted by atomic mass is 10.2. The SMILES string of the molecule is CCNCc1cc(Cl)c(OC/C=C/Cl)c(OC)c1. The number of ether oxygens (including phenoxy) is 2. The molecule has 0 aliphatic rings. The molecular weight excluding hydrogens is 273 g/mol. The van der Waals surface area contributed by atoms with Crippen LogP contribution >= 0.6 is 23.2 Å². The lowest BCUT2D eigenvalue weighted by molar-refractivity contribution is 0.326. The van der Waals surface area contributed by atoms with Gasteiger partial charge in [-0.15, -0.1) is 0 Å². The molecule has 1 N–H and O–H groups in total. The molecule has 0 unspecified atom stereocenters. The summed E-state index contributed by atoms with van der Waals surface area (Å²) in [6.07, 6.45) is 1.68. The molecule has 100 valence electrons. The van der Waals surface area contributed by atoms with Crippen LogP contribution in [0.25, 0.3) is 0 Å². The maximum absolute atomic E-state index is 6.18. The Morgan fingerprint density at radius 3 is 2.78 bits per heavy atom. The molecule has 0 aliphatic heterocycles. The number of methoxy groups -OCH3 is 1. The second kappa shape index (κ2) is 8.25. The first-order valence-corrected chi connectivity index (χ1v) is 6.49. The van der Waals surface area contributed by atoms with Gasteiger partial charge in [0.15, 0.2) is 11.5 Å². The first-order valence-electron chi connectivity index (χ1n) is 5.68. The fourth-order valence-corrected chi connectivity index (χ4v) is 1.81. The molecule has 0 spiro atoms. The van der Waals surface area contributed by atoms with Gasteiger partial charge in [-0.25, -0.2) is 0 Å². The smallest absolute Gasteiger partial charge is 0.180 e. The lowest BCUT2D eigenvalue weighted by Gasteiger charge is -2.13. The van der Waals surface area contributed by atoms with E-state index in [1.807, 2.05) is 12.1 Å². The van der Waals surface area contributed by atoms with Gasteiger partial charge in [0.1, 0.15) is 6.61 Å². The van der Waals surface area contributed by atoms with Crippen molar-refractivity contribution in [2.75, 3.05) is 20.3 Å². The maximum Gasteiger partial charge on any atom is 0.180 e. The van der Waals surface area contributed by atoms with E-state index in [4.69, 9.17) is 32.7 Å². The molecule has 18 heavy (non-hydrogen) atoms. The van der Waals surface area contributed by atoms with Crippen molar-refractivity contribution in [2.45, 2.75) is 13.5 Å². The minimum atomic E-state index is 0.353. The van der Waals surface area contributed by atoms with E-state index in [1.54, 1.807) is 13.2 Å².